The molecule has 506 valence electrons. The molecule has 19 N–H and O–H groups in total. The van der Waals surface area contributed by atoms with E-state index >= 15 is 9.59 Å². The maximum Gasteiger partial charge on any atom is 0.245 e. The number of phenols is 1. The van der Waals surface area contributed by atoms with Crippen LogP contribution in [-0.2, 0) is 72.0 Å². The first-order valence-electron chi connectivity index (χ1n) is 31.4. The Hall–Kier alpha value is -10.7. The predicted octanol–water partition coefficient (Wildman–Crippen LogP) is -2.39. The van der Waals surface area contributed by atoms with Gasteiger partial charge < -0.3 is 90.1 Å². The van der Waals surface area contributed by atoms with Crippen molar-refractivity contribution in [3.05, 3.63) is 102 Å². The number of phenolic OH excluding ortho intramolecular Hbond substituents is 1. The van der Waals surface area contributed by atoms with E-state index in [9.17, 15) is 53.4 Å². The van der Waals surface area contributed by atoms with Crippen LogP contribution < -0.4 is 65.1 Å². The summed E-state index contributed by atoms with van der Waals surface area (Å²) in [5.74, 6) is -9.05. The summed E-state index contributed by atoms with van der Waals surface area (Å²) in [5, 5.41) is 46.5. The number of likely N-dealkylation sites (tertiary alicyclic amines) is 1. The van der Waals surface area contributed by atoms with Crippen molar-refractivity contribution in [2.75, 3.05) is 26.2 Å². The standard InChI is InChI=1S/C64H82N18O13/c1-34(2)23-46(56(88)75-45(13-7-21-69-64(66)67)63(95)82-22-8-14-52(82)62(94)72-31-53(65)85)76-58(90)48(25-36-28-70-42-11-5-3-9-40(36)42)78-57(89)47(24-35-15-17-39(84)18-16-35)77-61(93)51(32-83)81-59(91)49(26-37-29-71-43-12-6-4-10-41(37)43)79-60(92)50(27-38-30-68-33-73-38)80-55(87)44-19-20-54(86)74-44/h3-6,9-12,15-18,28-30,33-34,38,44-52,70-71,83-84H,7-8,13-14,19-27,31-32H2,1-2H3,(H2,65,85)(H,72,94)(H,74,86)(H,75,88)(H,76,90)(H,77,93)(H,78,89)(H,79,92)(H,80,87)(H,81,91)(H4,66,67,69). The molecule has 2 aromatic heterocycles. The summed E-state index contributed by atoms with van der Waals surface area (Å²) >= 11 is 0. The number of fused-ring (bicyclic) bond motifs is 2. The third kappa shape index (κ3) is 19.7. The first-order chi connectivity index (χ1) is 45.5. The lowest BCUT2D eigenvalue weighted by atomic mass is 9.99. The molecule has 11 amide bonds. The lowest BCUT2D eigenvalue weighted by Crippen LogP contribution is -2.61. The second kappa shape index (κ2) is 33.2. The SMILES string of the molecule is CC(C)CC(NC(=O)C(Cc1c[nH]c2ccccc12)NC(=O)C(Cc1ccc(O)cc1)NC(=O)C(CO)NC(=O)C(Cc1c[nH]c2ccccc12)NC(=O)C(CC1C=NC=N1)NC(=O)C1CCC(=O)N1)C(=O)NC(CCCN=C(N)N)C(=O)N1CCCC1C(=O)NCC(N)=O. The van der Waals surface area contributed by atoms with Gasteiger partial charge in [0.2, 0.25) is 65.0 Å². The largest absolute Gasteiger partial charge is 0.508 e. The molecule has 3 aliphatic rings. The van der Waals surface area contributed by atoms with Crippen LogP contribution in [0.5, 0.6) is 5.75 Å². The lowest BCUT2D eigenvalue weighted by Gasteiger charge is -2.30. The number of nitrogens with one attached hydrogen (secondary N) is 11. The molecule has 3 aromatic carbocycles. The number of hydrogen-bond acceptors (Lipinski definition) is 16. The van der Waals surface area contributed by atoms with E-state index in [2.05, 4.69) is 72.8 Å². The van der Waals surface area contributed by atoms with Crippen molar-refractivity contribution in [2.45, 2.75) is 145 Å². The first kappa shape index (κ1) is 70.2. The third-order valence-electron chi connectivity index (χ3n) is 16.5. The molecule has 10 atom stereocenters. The number of H-pyrrole nitrogens is 2. The van der Waals surface area contributed by atoms with Gasteiger partial charge in [-0.05, 0) is 85.4 Å². The van der Waals surface area contributed by atoms with Crippen LogP contribution in [0.3, 0.4) is 0 Å². The number of aromatic amines is 2. The predicted molar refractivity (Wildman–Crippen MR) is 349 cm³/mol. The quantitative estimate of drug-likeness (QED) is 0.0118. The number of amides is 11. The average Bonchev–Trinajstić information content (AvgIpc) is 1.81. The number of hydrogen-bond donors (Lipinski definition) is 16. The number of aliphatic imine (C=N–C) groups is 3. The molecule has 5 aromatic rings. The zero-order chi connectivity index (χ0) is 68.3. The fourth-order valence-corrected chi connectivity index (χ4v) is 11.6. The molecule has 0 radical (unpaired) electrons. The van der Waals surface area contributed by atoms with Gasteiger partial charge in [-0.2, -0.15) is 0 Å². The van der Waals surface area contributed by atoms with Gasteiger partial charge in [-0.25, -0.2) is 4.99 Å². The van der Waals surface area contributed by atoms with Gasteiger partial charge in [0.15, 0.2) is 5.96 Å². The molecule has 10 unspecified atom stereocenters. The van der Waals surface area contributed by atoms with E-state index in [1.807, 2.05) is 0 Å². The van der Waals surface area contributed by atoms with E-state index in [-0.39, 0.29) is 101 Å². The van der Waals surface area contributed by atoms with Crippen molar-refractivity contribution in [2.24, 2.45) is 38.1 Å². The van der Waals surface area contributed by atoms with Crippen molar-refractivity contribution in [1.82, 2.24) is 62.7 Å². The molecule has 31 nitrogen and oxygen atoms in total. The molecule has 0 bridgehead atoms. The van der Waals surface area contributed by atoms with Crippen LogP contribution in [0.15, 0.2) is 100 Å². The van der Waals surface area contributed by atoms with Crippen LogP contribution in [0.1, 0.15) is 81.9 Å². The van der Waals surface area contributed by atoms with Crippen LogP contribution in [0.25, 0.3) is 21.8 Å². The fourth-order valence-electron chi connectivity index (χ4n) is 11.6. The van der Waals surface area contributed by atoms with Gasteiger partial charge in [-0.3, -0.25) is 62.7 Å². The zero-order valence-corrected chi connectivity index (χ0v) is 52.6. The minimum Gasteiger partial charge on any atom is -0.508 e. The Balaban J connectivity index is 1.05. The van der Waals surface area contributed by atoms with E-state index in [1.54, 1.807) is 74.8 Å². The van der Waals surface area contributed by atoms with Crippen molar-refractivity contribution in [3.8, 4) is 5.75 Å². The second-order valence-electron chi connectivity index (χ2n) is 24.1. The first-order valence-corrected chi connectivity index (χ1v) is 31.4. The average molecular weight is 1310 g/mol. The molecule has 3 aliphatic heterocycles. The number of benzene rings is 3. The molecule has 5 heterocycles. The Morgan fingerprint density at radius 1 is 0.663 bits per heavy atom. The maximum absolute atomic E-state index is 15.1. The molecule has 2 fully saturated rings. The Bertz CT molecular complexity index is 3700. The highest BCUT2D eigenvalue weighted by atomic mass is 16.3. The van der Waals surface area contributed by atoms with E-state index in [4.69, 9.17) is 17.2 Å². The number of aliphatic hydroxyl groups is 1. The van der Waals surface area contributed by atoms with Crippen LogP contribution >= 0.6 is 0 Å². The smallest absolute Gasteiger partial charge is 0.245 e. The molecule has 0 spiro atoms. The molecule has 8 rings (SSSR count). The van der Waals surface area contributed by atoms with Gasteiger partial charge in [-0.1, -0.05) is 62.4 Å². The van der Waals surface area contributed by atoms with E-state index in [0.29, 0.717) is 44.9 Å². The summed E-state index contributed by atoms with van der Waals surface area (Å²) < 4.78 is 0. The lowest BCUT2D eigenvalue weighted by molar-refractivity contribution is -0.142. The van der Waals surface area contributed by atoms with Gasteiger partial charge in [0, 0.05) is 85.6 Å². The number of primary amides is 1. The number of rotatable bonds is 33. The highest BCUT2D eigenvalue weighted by Gasteiger charge is 2.40. The minimum absolute atomic E-state index is 0.00930. The van der Waals surface area contributed by atoms with Gasteiger partial charge in [0.25, 0.3) is 0 Å². The number of nitrogens with zero attached hydrogens (tertiary/aromatic N) is 4. The molecule has 0 saturated carbocycles. The topological polar surface area (TPSA) is 486 Å². The molecule has 31 heteroatoms. The summed E-state index contributed by atoms with van der Waals surface area (Å²) in [4.78, 5) is 173. The zero-order valence-electron chi connectivity index (χ0n) is 52.6. The van der Waals surface area contributed by atoms with E-state index in [1.165, 1.54) is 41.7 Å². The normalized spacial score (nSPS) is 17.9. The van der Waals surface area contributed by atoms with Crippen LogP contribution in [0.4, 0.5) is 0 Å². The molecule has 2 saturated heterocycles. The number of guanidine groups is 1. The fraction of sp³-hybridized carbons (Fsp3) is 0.438. The number of aromatic hydroxyl groups is 1. The third-order valence-corrected chi connectivity index (χ3v) is 16.5. The summed E-state index contributed by atoms with van der Waals surface area (Å²) in [6.07, 6.45) is 6.47. The summed E-state index contributed by atoms with van der Waals surface area (Å²) in [6.45, 7) is 2.32. The highest BCUT2D eigenvalue weighted by molar-refractivity contribution is 6.00. The Kier molecular flexibility index (Phi) is 24.5. The number of aliphatic hydroxyl groups excluding tert-OH is 1. The van der Waals surface area contributed by atoms with E-state index < -0.39 is 133 Å². The van der Waals surface area contributed by atoms with Crippen molar-refractivity contribution in [3.63, 3.8) is 0 Å². The minimum atomic E-state index is -1.80. The van der Waals surface area contributed by atoms with Gasteiger partial charge in [-0.15, -0.1) is 0 Å². The number of carbonyl (C=O) groups is 11. The van der Waals surface area contributed by atoms with Crippen molar-refractivity contribution < 1.29 is 63.0 Å². The summed E-state index contributed by atoms with van der Waals surface area (Å²) in [7, 11) is 0. The molecular formula is C64H82N18O13. The molecule has 95 heavy (non-hydrogen) atoms. The van der Waals surface area contributed by atoms with Gasteiger partial charge >= 0.3 is 0 Å². The summed E-state index contributed by atoms with van der Waals surface area (Å²) in [6, 6.07) is 7.14. The van der Waals surface area contributed by atoms with E-state index in [0.717, 1.165) is 0 Å². The van der Waals surface area contributed by atoms with Gasteiger partial charge in [0.05, 0.1) is 19.2 Å². The monoisotopic (exact) mass is 1310 g/mol. The Labute approximate surface area is 545 Å². The van der Waals surface area contributed by atoms with Gasteiger partial charge in [0.1, 0.15) is 66.5 Å². The Morgan fingerprint density at radius 2 is 1.21 bits per heavy atom. The Morgan fingerprint density at radius 3 is 1.76 bits per heavy atom. The van der Waals surface area contributed by atoms with Crippen LogP contribution in [0.2, 0.25) is 0 Å². The number of carbonyl (C=O) groups excluding carboxylic acids is 11. The number of aromatic nitrogens is 2. The van der Waals surface area contributed by atoms with Crippen molar-refractivity contribution in [1.29, 1.82) is 0 Å². The molecular weight excluding hydrogens is 1230 g/mol. The van der Waals surface area contributed by atoms with Crippen molar-refractivity contribution >= 4 is 105 Å². The van der Waals surface area contributed by atoms with Crippen LogP contribution in [-0.4, -0.2) is 195 Å². The molecule has 0 aliphatic carbocycles. The maximum atomic E-state index is 15.1. The second-order valence-corrected chi connectivity index (χ2v) is 24.1. The summed E-state index contributed by atoms with van der Waals surface area (Å²) in [5.41, 5.74) is 19.3. The number of nitrogens with two attached hydrogens (primary N) is 3. The highest BCUT2D eigenvalue weighted by Crippen LogP contribution is 2.24. The van der Waals surface area contributed by atoms with Crippen LogP contribution in [0, 0.1) is 5.92 Å². The number of para-hydroxylation sites is 2.